The first-order chi connectivity index (χ1) is 9.42. The molecule has 1 N–H and O–H groups in total. The zero-order valence-corrected chi connectivity index (χ0v) is 12.2. The van der Waals surface area contributed by atoms with Crippen LogP contribution in [0, 0.1) is 0 Å². The van der Waals surface area contributed by atoms with Crippen LogP contribution in [0.5, 0.6) is 0 Å². The van der Waals surface area contributed by atoms with E-state index in [9.17, 15) is 14.4 Å². The summed E-state index contributed by atoms with van der Waals surface area (Å²) >= 11 is 0. The van der Waals surface area contributed by atoms with Crippen molar-refractivity contribution in [3.63, 3.8) is 0 Å². The molecule has 0 radical (unpaired) electrons. The van der Waals surface area contributed by atoms with E-state index in [0.717, 1.165) is 0 Å². The molecule has 7 heteroatoms. The summed E-state index contributed by atoms with van der Waals surface area (Å²) in [5.41, 5.74) is 0. The molecule has 2 unspecified atom stereocenters. The lowest BCUT2D eigenvalue weighted by Gasteiger charge is -2.26. The molecule has 0 aromatic carbocycles. The lowest BCUT2D eigenvalue weighted by molar-refractivity contribution is -0.143. The third-order valence-electron chi connectivity index (χ3n) is 3.55. The summed E-state index contributed by atoms with van der Waals surface area (Å²) in [5.74, 6) is -1.56. The Balaban J connectivity index is 2.84. The number of ether oxygens (including phenoxy) is 1. The molecule has 1 fully saturated rings. The van der Waals surface area contributed by atoms with Crippen LogP contribution >= 0.6 is 0 Å². The second-order valence-corrected chi connectivity index (χ2v) is 4.94. The highest BCUT2D eigenvalue weighted by Gasteiger charge is 2.43. The molecular formula is C13H22N2O5. The fourth-order valence-corrected chi connectivity index (χ4v) is 2.29. The van der Waals surface area contributed by atoms with E-state index in [0.29, 0.717) is 19.6 Å². The number of amides is 2. The Morgan fingerprint density at radius 2 is 2.20 bits per heavy atom. The predicted octanol–water partition coefficient (Wildman–Crippen LogP) is -0.0546. The molecular weight excluding hydrogens is 264 g/mol. The summed E-state index contributed by atoms with van der Waals surface area (Å²) in [5, 5.41) is 8.92. The van der Waals surface area contributed by atoms with Crippen molar-refractivity contribution in [1.82, 2.24) is 9.80 Å². The van der Waals surface area contributed by atoms with Gasteiger partial charge in [-0.2, -0.15) is 0 Å². The maximum atomic E-state index is 12.3. The molecule has 0 aromatic rings. The summed E-state index contributed by atoms with van der Waals surface area (Å²) in [6, 6.07) is -0.850. The number of nitrogens with zero attached hydrogens (tertiary/aromatic N) is 2. The smallest absolute Gasteiger partial charge is 0.317 e. The van der Waals surface area contributed by atoms with E-state index in [1.807, 2.05) is 13.8 Å². The molecule has 0 bridgehead atoms. The van der Waals surface area contributed by atoms with Gasteiger partial charge in [-0.05, 0) is 13.3 Å². The molecule has 7 nitrogen and oxygen atoms in total. The van der Waals surface area contributed by atoms with Crippen LogP contribution in [0.4, 0.5) is 0 Å². The first kappa shape index (κ1) is 16.6. The maximum absolute atomic E-state index is 12.3. The lowest BCUT2D eigenvalue weighted by atomic mass is 10.2. The normalized spacial score (nSPS) is 20.8. The van der Waals surface area contributed by atoms with Gasteiger partial charge in [0.1, 0.15) is 0 Å². The highest BCUT2D eigenvalue weighted by molar-refractivity contribution is 6.06. The van der Waals surface area contributed by atoms with Crippen molar-refractivity contribution in [1.29, 1.82) is 0 Å². The van der Waals surface area contributed by atoms with Crippen molar-refractivity contribution in [3.8, 4) is 0 Å². The first-order valence-corrected chi connectivity index (χ1v) is 6.73. The average Bonchev–Trinajstić information content (AvgIpc) is 2.68. The zero-order valence-electron chi connectivity index (χ0n) is 12.2. The number of carboxylic acids is 1. The Labute approximate surface area is 118 Å². The van der Waals surface area contributed by atoms with Crippen molar-refractivity contribution in [2.45, 2.75) is 38.8 Å². The summed E-state index contributed by atoms with van der Waals surface area (Å²) in [7, 11) is 1.51. The summed E-state index contributed by atoms with van der Waals surface area (Å²) in [6.45, 7) is 4.06. The molecule has 114 valence electrons. The van der Waals surface area contributed by atoms with Crippen LogP contribution < -0.4 is 0 Å². The van der Waals surface area contributed by atoms with Crippen molar-refractivity contribution in [3.05, 3.63) is 0 Å². The number of hydrogen-bond donors (Lipinski definition) is 1. The van der Waals surface area contributed by atoms with Crippen LogP contribution in [0.25, 0.3) is 0 Å². The quantitative estimate of drug-likeness (QED) is 0.629. The molecule has 1 saturated heterocycles. The second kappa shape index (κ2) is 7.35. The molecule has 2 atom stereocenters. The standard InChI is InChI=1S/C13H22N2O5/c1-4-9(2)15-11(16)7-10(13(15)19)14(5-6-20-3)8-12(17)18/h9-10H,4-8H2,1-3H3,(H,17,18). The van der Waals surface area contributed by atoms with Gasteiger partial charge in [0.25, 0.3) is 0 Å². The van der Waals surface area contributed by atoms with Crippen molar-refractivity contribution in [2.24, 2.45) is 0 Å². The van der Waals surface area contributed by atoms with Crippen molar-refractivity contribution in [2.75, 3.05) is 26.8 Å². The number of likely N-dealkylation sites (tertiary alicyclic amines) is 1. The van der Waals surface area contributed by atoms with Crippen LogP contribution in [0.3, 0.4) is 0 Å². The number of carbonyl (C=O) groups is 3. The fraction of sp³-hybridized carbons (Fsp3) is 0.769. The van der Waals surface area contributed by atoms with Gasteiger partial charge in [-0.15, -0.1) is 0 Å². The Morgan fingerprint density at radius 1 is 1.55 bits per heavy atom. The minimum Gasteiger partial charge on any atom is -0.480 e. The van der Waals surface area contributed by atoms with Gasteiger partial charge in [0.15, 0.2) is 0 Å². The highest BCUT2D eigenvalue weighted by Crippen LogP contribution is 2.22. The molecule has 0 spiro atoms. The fourth-order valence-electron chi connectivity index (χ4n) is 2.29. The number of carboxylic acid groups (broad SMARTS) is 1. The van der Waals surface area contributed by atoms with Gasteiger partial charge in [0.05, 0.1) is 25.6 Å². The van der Waals surface area contributed by atoms with Crippen LogP contribution in [0.15, 0.2) is 0 Å². The molecule has 2 amide bonds. The Morgan fingerprint density at radius 3 is 2.70 bits per heavy atom. The molecule has 1 aliphatic heterocycles. The number of rotatable bonds is 8. The molecule has 1 aliphatic rings. The highest BCUT2D eigenvalue weighted by atomic mass is 16.5. The van der Waals surface area contributed by atoms with Gasteiger partial charge in [-0.3, -0.25) is 24.2 Å². The number of methoxy groups -OCH3 is 1. The topological polar surface area (TPSA) is 87.2 Å². The van der Waals surface area contributed by atoms with Gasteiger partial charge in [0.2, 0.25) is 11.8 Å². The van der Waals surface area contributed by atoms with E-state index >= 15 is 0 Å². The Kier molecular flexibility index (Phi) is 6.09. The van der Waals surface area contributed by atoms with Crippen LogP contribution in [-0.4, -0.2) is 71.6 Å². The third kappa shape index (κ3) is 3.77. The van der Waals surface area contributed by atoms with Crippen molar-refractivity contribution < 1.29 is 24.2 Å². The van der Waals surface area contributed by atoms with Gasteiger partial charge >= 0.3 is 5.97 Å². The van der Waals surface area contributed by atoms with E-state index in [-0.39, 0.29) is 30.8 Å². The lowest BCUT2D eigenvalue weighted by Crippen LogP contribution is -2.47. The second-order valence-electron chi connectivity index (χ2n) is 4.94. The van der Waals surface area contributed by atoms with E-state index in [1.54, 1.807) is 0 Å². The summed E-state index contributed by atoms with van der Waals surface area (Å²) < 4.78 is 4.93. The first-order valence-electron chi connectivity index (χ1n) is 6.73. The molecule has 1 rings (SSSR count). The monoisotopic (exact) mass is 286 g/mol. The van der Waals surface area contributed by atoms with Crippen LogP contribution in [0.1, 0.15) is 26.7 Å². The van der Waals surface area contributed by atoms with Gasteiger partial charge in [-0.1, -0.05) is 6.92 Å². The maximum Gasteiger partial charge on any atom is 0.317 e. The number of carbonyl (C=O) groups excluding carboxylic acids is 2. The predicted molar refractivity (Wildman–Crippen MR) is 71.1 cm³/mol. The number of hydrogen-bond acceptors (Lipinski definition) is 5. The van der Waals surface area contributed by atoms with Gasteiger partial charge in [-0.25, -0.2) is 0 Å². The van der Waals surface area contributed by atoms with E-state index in [2.05, 4.69) is 0 Å². The molecule has 0 saturated carbocycles. The molecule has 0 aromatic heterocycles. The number of imide groups is 1. The minimum atomic E-state index is -1.02. The Bertz CT molecular complexity index is 385. The molecule has 0 aliphatic carbocycles. The Hall–Kier alpha value is -1.47. The largest absolute Gasteiger partial charge is 0.480 e. The average molecular weight is 286 g/mol. The van der Waals surface area contributed by atoms with E-state index < -0.39 is 12.0 Å². The van der Waals surface area contributed by atoms with Crippen LogP contribution in [-0.2, 0) is 19.1 Å². The van der Waals surface area contributed by atoms with Gasteiger partial charge in [0, 0.05) is 19.7 Å². The van der Waals surface area contributed by atoms with E-state index in [1.165, 1.54) is 16.9 Å². The molecule has 20 heavy (non-hydrogen) atoms. The third-order valence-corrected chi connectivity index (χ3v) is 3.55. The van der Waals surface area contributed by atoms with Crippen molar-refractivity contribution >= 4 is 17.8 Å². The zero-order chi connectivity index (χ0) is 15.3. The van der Waals surface area contributed by atoms with Crippen LogP contribution in [0.2, 0.25) is 0 Å². The summed E-state index contributed by atoms with van der Waals surface area (Å²) in [6.07, 6.45) is 0.724. The minimum absolute atomic E-state index is 0.0418. The number of aliphatic carboxylic acids is 1. The van der Waals surface area contributed by atoms with Gasteiger partial charge < -0.3 is 9.84 Å². The molecule has 1 heterocycles. The SMILES string of the molecule is CCC(C)N1C(=O)CC(N(CCOC)CC(=O)O)C1=O. The van der Waals surface area contributed by atoms with E-state index in [4.69, 9.17) is 9.84 Å². The summed E-state index contributed by atoms with van der Waals surface area (Å²) in [4.78, 5) is 37.9.